The topological polar surface area (TPSA) is 67.9 Å². The van der Waals surface area contributed by atoms with Crippen molar-refractivity contribution in [3.8, 4) is 0 Å². The van der Waals surface area contributed by atoms with Gasteiger partial charge in [-0.2, -0.15) is 0 Å². The van der Waals surface area contributed by atoms with Crippen molar-refractivity contribution in [2.45, 2.75) is 38.3 Å². The Labute approximate surface area is 124 Å². The van der Waals surface area contributed by atoms with Crippen LogP contribution in [0.3, 0.4) is 0 Å². The van der Waals surface area contributed by atoms with Gasteiger partial charge in [-0.15, -0.1) is 0 Å². The third kappa shape index (κ3) is 2.42. The van der Waals surface area contributed by atoms with Crippen molar-refractivity contribution in [1.82, 2.24) is 4.90 Å². The number of carbonyl (C=O) groups excluding carboxylic acids is 1. The molecule has 1 aromatic carbocycles. The summed E-state index contributed by atoms with van der Waals surface area (Å²) in [5.41, 5.74) is 8.36. The fourth-order valence-corrected chi connectivity index (χ4v) is 2.86. The van der Waals surface area contributed by atoms with Crippen molar-refractivity contribution in [1.29, 1.82) is 0 Å². The van der Waals surface area contributed by atoms with Crippen molar-refractivity contribution in [3.05, 3.63) is 29.8 Å². The van der Waals surface area contributed by atoms with Crippen LogP contribution in [0.1, 0.15) is 32.8 Å². The van der Waals surface area contributed by atoms with E-state index in [4.69, 9.17) is 10.5 Å². The normalized spacial score (nSPS) is 24.2. The number of hydrogen-bond acceptors (Lipinski definition) is 4. The van der Waals surface area contributed by atoms with Crippen molar-refractivity contribution in [3.63, 3.8) is 0 Å². The van der Waals surface area contributed by atoms with Crippen LogP contribution in [0.2, 0.25) is 0 Å². The number of aliphatic imine (C=N–C) groups is 1. The highest BCUT2D eigenvalue weighted by molar-refractivity contribution is 6.04. The third-order valence-electron chi connectivity index (χ3n) is 3.92. The van der Waals surface area contributed by atoms with Gasteiger partial charge in [0.15, 0.2) is 0 Å². The minimum absolute atomic E-state index is 0.303. The number of carbonyl (C=O) groups is 1. The van der Waals surface area contributed by atoms with Gasteiger partial charge in [0.25, 0.3) is 0 Å². The predicted molar refractivity (Wildman–Crippen MR) is 81.8 cm³/mol. The Morgan fingerprint density at radius 2 is 2.10 bits per heavy atom. The number of piperidine rings is 1. The largest absolute Gasteiger partial charge is 0.444 e. The van der Waals surface area contributed by atoms with Gasteiger partial charge in [0.2, 0.25) is 0 Å². The molecule has 0 bridgehead atoms. The number of amides is 1. The molecule has 0 aliphatic carbocycles. The van der Waals surface area contributed by atoms with Crippen LogP contribution in [-0.4, -0.2) is 35.4 Å². The van der Waals surface area contributed by atoms with Crippen LogP contribution >= 0.6 is 0 Å². The lowest BCUT2D eigenvalue weighted by Crippen LogP contribution is -2.56. The zero-order valence-electron chi connectivity index (χ0n) is 12.7. The molecule has 21 heavy (non-hydrogen) atoms. The Balaban J connectivity index is 1.81. The monoisotopic (exact) mass is 287 g/mol. The summed E-state index contributed by atoms with van der Waals surface area (Å²) in [5, 5.41) is 0. The van der Waals surface area contributed by atoms with E-state index in [-0.39, 0.29) is 6.09 Å². The summed E-state index contributed by atoms with van der Waals surface area (Å²) in [6.07, 6.45) is 0.366. The second kappa shape index (κ2) is 4.56. The van der Waals surface area contributed by atoms with Crippen molar-refractivity contribution < 1.29 is 9.53 Å². The average Bonchev–Trinajstić information content (AvgIpc) is 2.69. The van der Waals surface area contributed by atoms with Gasteiger partial charge in [0.05, 0.1) is 23.5 Å². The lowest BCUT2D eigenvalue weighted by atomic mass is 9.82. The number of para-hydroxylation sites is 1. The molecule has 1 aromatic rings. The molecular weight excluding hydrogens is 266 g/mol. The fraction of sp³-hybridized carbons (Fsp3) is 0.500. The first-order valence-electron chi connectivity index (χ1n) is 7.24. The molecule has 1 fully saturated rings. The van der Waals surface area contributed by atoms with Gasteiger partial charge < -0.3 is 15.4 Å². The number of ether oxygens (including phenoxy) is 1. The van der Waals surface area contributed by atoms with Gasteiger partial charge >= 0.3 is 6.09 Å². The number of fused-ring (bicyclic) bond motifs is 3. The lowest BCUT2D eigenvalue weighted by molar-refractivity contribution is 0.0252. The Hall–Kier alpha value is -1.88. The SMILES string of the molecule is CC(C)(C)OC(=O)N1CCC2(N)C(=Nc3ccccc32)C1. The van der Waals surface area contributed by atoms with Crippen molar-refractivity contribution in [2.75, 3.05) is 13.1 Å². The zero-order valence-corrected chi connectivity index (χ0v) is 12.7. The molecule has 3 rings (SSSR count). The Morgan fingerprint density at radius 3 is 2.81 bits per heavy atom. The van der Waals surface area contributed by atoms with Crippen LogP contribution in [0.4, 0.5) is 10.5 Å². The van der Waals surface area contributed by atoms with E-state index >= 15 is 0 Å². The smallest absolute Gasteiger partial charge is 0.410 e. The molecule has 112 valence electrons. The Bertz CT molecular complexity index is 618. The molecule has 0 aromatic heterocycles. The van der Waals surface area contributed by atoms with Crippen LogP contribution in [0.5, 0.6) is 0 Å². The quantitative estimate of drug-likeness (QED) is 0.797. The first-order valence-corrected chi connectivity index (χ1v) is 7.24. The molecule has 0 saturated carbocycles. The van der Waals surface area contributed by atoms with Crippen LogP contribution in [0.25, 0.3) is 0 Å². The zero-order chi connectivity index (χ0) is 15.3. The second-order valence-corrected chi connectivity index (χ2v) is 6.70. The summed E-state index contributed by atoms with van der Waals surface area (Å²) < 4.78 is 5.43. The molecule has 1 amide bonds. The van der Waals surface area contributed by atoms with Crippen LogP contribution in [-0.2, 0) is 10.3 Å². The van der Waals surface area contributed by atoms with Gasteiger partial charge in [0.1, 0.15) is 5.60 Å². The fourth-order valence-electron chi connectivity index (χ4n) is 2.86. The van der Waals surface area contributed by atoms with E-state index in [9.17, 15) is 4.79 Å². The molecule has 1 saturated heterocycles. The minimum Gasteiger partial charge on any atom is -0.444 e. The lowest BCUT2D eigenvalue weighted by Gasteiger charge is -2.38. The molecule has 2 aliphatic rings. The summed E-state index contributed by atoms with van der Waals surface area (Å²) in [4.78, 5) is 18.5. The van der Waals surface area contributed by atoms with Gasteiger partial charge in [0, 0.05) is 12.1 Å². The molecule has 2 N–H and O–H groups in total. The average molecular weight is 287 g/mol. The van der Waals surface area contributed by atoms with Crippen LogP contribution in [0.15, 0.2) is 29.3 Å². The highest BCUT2D eigenvalue weighted by Gasteiger charge is 2.44. The molecule has 5 heteroatoms. The van der Waals surface area contributed by atoms with E-state index in [0.29, 0.717) is 19.5 Å². The maximum Gasteiger partial charge on any atom is 0.410 e. The maximum atomic E-state index is 12.2. The number of benzene rings is 1. The molecule has 1 atom stereocenters. The van der Waals surface area contributed by atoms with E-state index in [1.54, 1.807) is 4.90 Å². The molecule has 5 nitrogen and oxygen atoms in total. The molecule has 1 unspecified atom stereocenters. The van der Waals surface area contributed by atoms with Gasteiger partial charge in [-0.3, -0.25) is 4.99 Å². The maximum absolute atomic E-state index is 12.2. The number of nitrogens with two attached hydrogens (primary N) is 1. The first-order chi connectivity index (χ1) is 9.79. The highest BCUT2D eigenvalue weighted by atomic mass is 16.6. The minimum atomic E-state index is -0.533. The van der Waals surface area contributed by atoms with E-state index in [1.807, 2.05) is 45.0 Å². The van der Waals surface area contributed by atoms with Gasteiger partial charge in [-0.1, -0.05) is 18.2 Å². The molecular formula is C16H21N3O2. The van der Waals surface area contributed by atoms with E-state index in [0.717, 1.165) is 17.0 Å². The highest BCUT2D eigenvalue weighted by Crippen LogP contribution is 2.41. The number of nitrogens with zero attached hydrogens (tertiary/aromatic N) is 2. The van der Waals surface area contributed by atoms with Gasteiger partial charge in [-0.05, 0) is 33.3 Å². The molecule has 2 heterocycles. The van der Waals surface area contributed by atoms with E-state index in [2.05, 4.69) is 4.99 Å². The van der Waals surface area contributed by atoms with E-state index in [1.165, 1.54) is 0 Å². The van der Waals surface area contributed by atoms with Crippen molar-refractivity contribution in [2.24, 2.45) is 10.7 Å². The first kappa shape index (κ1) is 14.1. The standard InChI is InChI=1S/C16H21N3O2/c1-15(2,3)21-14(20)19-9-8-16(17)11-6-4-5-7-12(11)18-13(16)10-19/h4-7H,8-10,17H2,1-3H3. The molecule has 2 aliphatic heterocycles. The predicted octanol–water partition coefficient (Wildman–Crippen LogP) is 2.57. The summed E-state index contributed by atoms with van der Waals surface area (Å²) >= 11 is 0. The van der Waals surface area contributed by atoms with Gasteiger partial charge in [-0.25, -0.2) is 4.79 Å². The summed E-state index contributed by atoms with van der Waals surface area (Å²) in [6.45, 7) is 6.61. The number of likely N-dealkylation sites (tertiary alicyclic amines) is 1. The molecule has 0 radical (unpaired) electrons. The van der Waals surface area contributed by atoms with Crippen molar-refractivity contribution >= 4 is 17.5 Å². The Kier molecular flexibility index (Phi) is 3.06. The molecule has 0 spiro atoms. The summed E-state index contributed by atoms with van der Waals surface area (Å²) in [6, 6.07) is 7.92. The number of hydrogen-bond donors (Lipinski definition) is 1. The summed E-state index contributed by atoms with van der Waals surface area (Å²) in [5.74, 6) is 0. The Morgan fingerprint density at radius 1 is 1.38 bits per heavy atom. The van der Waals surface area contributed by atoms with Crippen LogP contribution in [0, 0.1) is 0 Å². The third-order valence-corrected chi connectivity index (χ3v) is 3.92. The van der Waals surface area contributed by atoms with Crippen LogP contribution < -0.4 is 5.73 Å². The second-order valence-electron chi connectivity index (χ2n) is 6.70. The number of rotatable bonds is 0. The van der Waals surface area contributed by atoms with E-state index < -0.39 is 11.1 Å². The summed E-state index contributed by atoms with van der Waals surface area (Å²) in [7, 11) is 0.